The summed E-state index contributed by atoms with van der Waals surface area (Å²) in [6, 6.07) is 11.5. The summed E-state index contributed by atoms with van der Waals surface area (Å²) in [5.74, 6) is 0. The number of rotatable bonds is 3. The minimum absolute atomic E-state index is 0.0759. The summed E-state index contributed by atoms with van der Waals surface area (Å²) in [4.78, 5) is 0. The van der Waals surface area contributed by atoms with Crippen molar-refractivity contribution in [1.29, 1.82) is 0 Å². The van der Waals surface area contributed by atoms with Crippen molar-refractivity contribution in [3.63, 3.8) is 0 Å². The van der Waals surface area contributed by atoms with Gasteiger partial charge in [-0.15, -0.1) is 0 Å². The zero-order valence-corrected chi connectivity index (χ0v) is 14.7. The topological polar surface area (TPSA) is 12.0 Å². The van der Waals surface area contributed by atoms with E-state index in [9.17, 15) is 0 Å². The van der Waals surface area contributed by atoms with E-state index in [-0.39, 0.29) is 6.04 Å². The van der Waals surface area contributed by atoms with Crippen molar-refractivity contribution < 1.29 is 0 Å². The van der Waals surface area contributed by atoms with Crippen LogP contribution in [-0.2, 0) is 0 Å². The summed E-state index contributed by atoms with van der Waals surface area (Å²) in [5.41, 5.74) is 1.96. The van der Waals surface area contributed by atoms with E-state index < -0.39 is 0 Å². The zero-order chi connectivity index (χ0) is 14.0. The van der Waals surface area contributed by atoms with Gasteiger partial charge >= 0.3 is 0 Å². The molecule has 0 aliphatic rings. The first-order chi connectivity index (χ1) is 9.04. The predicted octanol–water partition coefficient (Wildman–Crippen LogP) is 5.83. The molecule has 1 unspecified atom stereocenters. The molecular formula is C14H11Br2Cl2N. The number of hydrogen-bond donors (Lipinski definition) is 1. The predicted molar refractivity (Wildman–Crippen MR) is 89.2 cm³/mol. The van der Waals surface area contributed by atoms with Crippen molar-refractivity contribution in [1.82, 2.24) is 5.32 Å². The van der Waals surface area contributed by atoms with Gasteiger partial charge in [0, 0.05) is 24.6 Å². The molecule has 1 atom stereocenters. The van der Waals surface area contributed by atoms with Crippen LogP contribution >= 0.6 is 55.1 Å². The highest BCUT2D eigenvalue weighted by Gasteiger charge is 2.20. The summed E-state index contributed by atoms with van der Waals surface area (Å²) in [7, 11) is 1.89. The molecule has 2 aromatic carbocycles. The highest BCUT2D eigenvalue weighted by atomic mass is 79.9. The average Bonchev–Trinajstić information content (AvgIpc) is 2.37. The standard InChI is InChI=1S/C14H11Br2Cl2N/c1-19-14(9-7-8(15)5-6-10(9)16)13-11(17)3-2-4-12(13)18/h2-7,14,19H,1H3. The lowest BCUT2D eigenvalue weighted by Crippen LogP contribution is -2.19. The van der Waals surface area contributed by atoms with Gasteiger partial charge < -0.3 is 5.32 Å². The number of hydrogen-bond acceptors (Lipinski definition) is 1. The maximum absolute atomic E-state index is 6.29. The molecule has 0 fully saturated rings. The Hall–Kier alpha value is -0.0600. The van der Waals surface area contributed by atoms with E-state index in [1.54, 1.807) is 0 Å². The summed E-state index contributed by atoms with van der Waals surface area (Å²) in [6.45, 7) is 0. The molecule has 0 bridgehead atoms. The van der Waals surface area contributed by atoms with Crippen LogP contribution in [0.25, 0.3) is 0 Å². The van der Waals surface area contributed by atoms with E-state index >= 15 is 0 Å². The minimum Gasteiger partial charge on any atom is -0.309 e. The third-order valence-electron chi connectivity index (χ3n) is 2.85. The van der Waals surface area contributed by atoms with Gasteiger partial charge in [0.2, 0.25) is 0 Å². The molecule has 2 aromatic rings. The van der Waals surface area contributed by atoms with Crippen LogP contribution in [-0.4, -0.2) is 7.05 Å². The second kappa shape index (κ2) is 6.59. The van der Waals surface area contributed by atoms with Crippen LogP contribution in [0.3, 0.4) is 0 Å². The fraction of sp³-hybridized carbons (Fsp3) is 0.143. The van der Waals surface area contributed by atoms with Crippen molar-refractivity contribution >= 4 is 55.1 Å². The molecule has 19 heavy (non-hydrogen) atoms. The molecule has 0 radical (unpaired) electrons. The molecule has 0 aliphatic heterocycles. The van der Waals surface area contributed by atoms with E-state index in [0.717, 1.165) is 20.1 Å². The molecule has 0 saturated carbocycles. The molecule has 0 saturated heterocycles. The van der Waals surface area contributed by atoms with Gasteiger partial charge in [-0.05, 0) is 42.9 Å². The molecular weight excluding hydrogens is 413 g/mol. The fourth-order valence-corrected chi connectivity index (χ4v) is 3.45. The van der Waals surface area contributed by atoms with Crippen LogP contribution in [0.1, 0.15) is 17.2 Å². The van der Waals surface area contributed by atoms with Crippen LogP contribution in [0, 0.1) is 0 Å². The molecule has 0 heterocycles. The van der Waals surface area contributed by atoms with Crippen LogP contribution in [0.4, 0.5) is 0 Å². The lowest BCUT2D eigenvalue weighted by molar-refractivity contribution is 0.689. The largest absolute Gasteiger partial charge is 0.309 e. The third-order valence-corrected chi connectivity index (χ3v) is 4.72. The van der Waals surface area contributed by atoms with Gasteiger partial charge in [0.05, 0.1) is 6.04 Å². The maximum atomic E-state index is 6.29. The van der Waals surface area contributed by atoms with Crippen molar-refractivity contribution in [2.45, 2.75) is 6.04 Å². The van der Waals surface area contributed by atoms with Gasteiger partial charge in [-0.3, -0.25) is 0 Å². The van der Waals surface area contributed by atoms with Crippen molar-refractivity contribution in [3.8, 4) is 0 Å². The van der Waals surface area contributed by atoms with Gasteiger partial charge in [0.25, 0.3) is 0 Å². The van der Waals surface area contributed by atoms with Crippen LogP contribution in [0.15, 0.2) is 45.3 Å². The first-order valence-corrected chi connectivity index (χ1v) is 7.95. The molecule has 100 valence electrons. The van der Waals surface area contributed by atoms with Crippen molar-refractivity contribution in [2.24, 2.45) is 0 Å². The van der Waals surface area contributed by atoms with Crippen molar-refractivity contribution in [2.75, 3.05) is 7.05 Å². The van der Waals surface area contributed by atoms with Crippen LogP contribution < -0.4 is 5.32 Å². The summed E-state index contributed by atoms with van der Waals surface area (Å²) >= 11 is 19.6. The zero-order valence-electron chi connectivity index (χ0n) is 10.1. The van der Waals surface area contributed by atoms with E-state index in [2.05, 4.69) is 37.2 Å². The molecule has 0 amide bonds. The molecule has 1 nitrogen and oxygen atoms in total. The van der Waals surface area contributed by atoms with E-state index in [1.165, 1.54) is 0 Å². The maximum Gasteiger partial charge on any atom is 0.0615 e. The third kappa shape index (κ3) is 3.34. The normalized spacial score (nSPS) is 12.5. The summed E-state index contributed by atoms with van der Waals surface area (Å²) in [5, 5.41) is 4.57. The van der Waals surface area contributed by atoms with Crippen LogP contribution in [0.5, 0.6) is 0 Å². The molecule has 0 aromatic heterocycles. The SMILES string of the molecule is CNC(c1cc(Br)ccc1Br)c1c(Cl)cccc1Cl. The monoisotopic (exact) mass is 421 g/mol. The van der Waals surface area contributed by atoms with Gasteiger partial charge in [0.15, 0.2) is 0 Å². The number of halogens is 4. The van der Waals surface area contributed by atoms with Crippen LogP contribution in [0.2, 0.25) is 10.0 Å². The Morgan fingerprint density at radius 3 is 2.26 bits per heavy atom. The van der Waals surface area contributed by atoms with E-state index in [1.807, 2.05) is 43.4 Å². The Morgan fingerprint density at radius 2 is 1.68 bits per heavy atom. The first kappa shape index (κ1) is 15.3. The Morgan fingerprint density at radius 1 is 1.05 bits per heavy atom. The average molecular weight is 424 g/mol. The number of nitrogens with one attached hydrogen (secondary N) is 1. The first-order valence-electron chi connectivity index (χ1n) is 5.60. The highest BCUT2D eigenvalue weighted by molar-refractivity contribution is 9.11. The lowest BCUT2D eigenvalue weighted by atomic mass is 9.99. The minimum atomic E-state index is -0.0759. The highest BCUT2D eigenvalue weighted by Crippen LogP contribution is 2.37. The second-order valence-corrected chi connectivity index (χ2v) is 6.61. The van der Waals surface area contributed by atoms with Gasteiger partial charge in [-0.2, -0.15) is 0 Å². The molecule has 1 N–H and O–H groups in total. The fourth-order valence-electron chi connectivity index (χ4n) is 1.98. The molecule has 0 aliphatic carbocycles. The van der Waals surface area contributed by atoms with Gasteiger partial charge in [-0.25, -0.2) is 0 Å². The summed E-state index contributed by atoms with van der Waals surface area (Å²) < 4.78 is 2.01. The van der Waals surface area contributed by atoms with Crippen molar-refractivity contribution in [3.05, 3.63) is 66.5 Å². The van der Waals surface area contributed by atoms with E-state index in [4.69, 9.17) is 23.2 Å². The van der Waals surface area contributed by atoms with Gasteiger partial charge in [-0.1, -0.05) is 61.1 Å². The molecule has 5 heteroatoms. The number of benzene rings is 2. The quantitative estimate of drug-likeness (QED) is 0.655. The molecule has 2 rings (SSSR count). The van der Waals surface area contributed by atoms with Gasteiger partial charge in [0.1, 0.15) is 0 Å². The lowest BCUT2D eigenvalue weighted by Gasteiger charge is -2.21. The Kier molecular flexibility index (Phi) is 5.32. The smallest absolute Gasteiger partial charge is 0.0615 e. The molecule has 0 spiro atoms. The van der Waals surface area contributed by atoms with E-state index in [0.29, 0.717) is 10.0 Å². The second-order valence-electron chi connectivity index (χ2n) is 4.02. The summed E-state index contributed by atoms with van der Waals surface area (Å²) in [6.07, 6.45) is 0. The Labute approximate surface area is 139 Å². The Bertz CT molecular complexity index is 582. The Balaban J connectivity index is 2.59.